The van der Waals surface area contributed by atoms with Crippen molar-refractivity contribution in [2.45, 2.75) is 12.8 Å². The maximum atomic E-state index is 11.8. The lowest BCUT2D eigenvalue weighted by Crippen LogP contribution is -2.60. The summed E-state index contributed by atoms with van der Waals surface area (Å²) in [6.07, 6.45) is 1.05. The first-order chi connectivity index (χ1) is 8.55. The van der Waals surface area contributed by atoms with Crippen LogP contribution in [0.4, 0.5) is 0 Å². The molecular weight excluding hydrogens is 232 g/mol. The van der Waals surface area contributed by atoms with Crippen molar-refractivity contribution in [3.8, 4) is 12.1 Å². The molecule has 94 valence electrons. The second kappa shape index (κ2) is 4.40. The van der Waals surface area contributed by atoms with E-state index in [0.717, 1.165) is 0 Å². The lowest BCUT2D eigenvalue weighted by molar-refractivity contribution is -0.147. The predicted octanol–water partition coefficient (Wildman–Crippen LogP) is -0.366. The van der Waals surface area contributed by atoms with Gasteiger partial charge in [0.15, 0.2) is 0 Å². The molecule has 0 bridgehead atoms. The molecule has 2 saturated heterocycles. The fraction of sp³-hybridized carbons (Fsp3) is 0.667. The smallest absolute Gasteiger partial charge is 0.244 e. The number of carbonyl (C=O) groups is 2. The third-order valence-electron chi connectivity index (χ3n) is 4.10. The molecule has 2 fully saturated rings. The van der Waals surface area contributed by atoms with Gasteiger partial charge in [-0.2, -0.15) is 10.5 Å². The fourth-order valence-electron chi connectivity index (χ4n) is 2.94. The first kappa shape index (κ1) is 12.5. The normalized spacial score (nSPS) is 31.5. The zero-order valence-corrected chi connectivity index (χ0v) is 10.1. The second-order valence-electron chi connectivity index (χ2n) is 5.01. The predicted molar refractivity (Wildman–Crippen MR) is 60.5 cm³/mol. The molecule has 6 nitrogen and oxygen atoms in total. The maximum absolute atomic E-state index is 11.8. The van der Waals surface area contributed by atoms with E-state index in [1.54, 1.807) is 0 Å². The Balaban J connectivity index is 2.43. The largest absolute Gasteiger partial charge is 0.306 e. The molecule has 0 radical (unpaired) electrons. The van der Waals surface area contributed by atoms with Gasteiger partial charge < -0.3 is 4.90 Å². The molecule has 2 atom stereocenters. The Morgan fingerprint density at radius 2 is 1.61 bits per heavy atom. The van der Waals surface area contributed by atoms with Crippen molar-refractivity contribution in [2.24, 2.45) is 17.3 Å². The van der Waals surface area contributed by atoms with Gasteiger partial charge in [0.05, 0.1) is 12.1 Å². The summed E-state index contributed by atoms with van der Waals surface area (Å²) >= 11 is 0. The molecule has 0 aromatic heterocycles. The van der Waals surface area contributed by atoms with Crippen molar-refractivity contribution < 1.29 is 9.59 Å². The fourth-order valence-corrected chi connectivity index (χ4v) is 2.94. The van der Waals surface area contributed by atoms with Gasteiger partial charge in [0, 0.05) is 5.41 Å². The van der Waals surface area contributed by atoms with Gasteiger partial charge in [0.1, 0.15) is 11.8 Å². The summed E-state index contributed by atoms with van der Waals surface area (Å²) < 4.78 is 0. The third kappa shape index (κ3) is 1.66. The van der Waals surface area contributed by atoms with Crippen molar-refractivity contribution in [2.75, 3.05) is 20.1 Å². The molecule has 2 aliphatic heterocycles. The number of imide groups is 1. The number of nitriles is 2. The van der Waals surface area contributed by atoms with E-state index >= 15 is 0 Å². The van der Waals surface area contributed by atoms with E-state index in [4.69, 9.17) is 0 Å². The molecule has 18 heavy (non-hydrogen) atoms. The Hall–Kier alpha value is -1.92. The topological polar surface area (TPSA) is 97.0 Å². The summed E-state index contributed by atoms with van der Waals surface area (Å²) in [5.41, 5.74) is -0.810. The Morgan fingerprint density at radius 1 is 1.17 bits per heavy atom. The van der Waals surface area contributed by atoms with E-state index < -0.39 is 29.1 Å². The van der Waals surface area contributed by atoms with Gasteiger partial charge in [-0.05, 0) is 33.0 Å². The lowest BCUT2D eigenvalue weighted by atomic mass is 9.59. The Kier molecular flexibility index (Phi) is 3.06. The first-order valence-corrected chi connectivity index (χ1v) is 5.87. The maximum Gasteiger partial charge on any atom is 0.244 e. The number of nitrogens with zero attached hydrogens (tertiary/aromatic N) is 3. The summed E-state index contributed by atoms with van der Waals surface area (Å²) in [6.45, 7) is 1.38. The van der Waals surface area contributed by atoms with Crippen LogP contribution in [-0.4, -0.2) is 36.9 Å². The molecule has 2 heterocycles. The number of carbonyl (C=O) groups excluding carboxylic acids is 2. The van der Waals surface area contributed by atoms with Crippen LogP contribution in [-0.2, 0) is 9.59 Å². The van der Waals surface area contributed by atoms with Gasteiger partial charge in [-0.1, -0.05) is 0 Å². The molecule has 1 spiro atoms. The van der Waals surface area contributed by atoms with Crippen LogP contribution in [0.1, 0.15) is 12.8 Å². The van der Waals surface area contributed by atoms with Crippen molar-refractivity contribution >= 4 is 11.8 Å². The molecule has 0 aromatic carbocycles. The van der Waals surface area contributed by atoms with Crippen molar-refractivity contribution in [1.82, 2.24) is 10.2 Å². The molecular formula is C12H14N4O2. The van der Waals surface area contributed by atoms with Gasteiger partial charge in [0.25, 0.3) is 0 Å². The summed E-state index contributed by atoms with van der Waals surface area (Å²) in [4.78, 5) is 25.6. The van der Waals surface area contributed by atoms with Crippen LogP contribution in [0.25, 0.3) is 0 Å². The Labute approximate surface area is 105 Å². The molecule has 2 aliphatic rings. The van der Waals surface area contributed by atoms with Crippen LogP contribution in [0.15, 0.2) is 0 Å². The summed E-state index contributed by atoms with van der Waals surface area (Å²) in [6, 6.07) is 3.96. The minimum absolute atomic E-state index is 0.527. The molecule has 6 heteroatoms. The summed E-state index contributed by atoms with van der Waals surface area (Å²) in [5.74, 6) is -2.93. The first-order valence-electron chi connectivity index (χ1n) is 5.87. The Morgan fingerprint density at radius 3 is 2.00 bits per heavy atom. The van der Waals surface area contributed by atoms with Crippen molar-refractivity contribution in [3.05, 3.63) is 0 Å². The molecule has 1 N–H and O–H groups in total. The van der Waals surface area contributed by atoms with E-state index in [2.05, 4.69) is 10.2 Å². The molecule has 2 amide bonds. The molecule has 0 unspecified atom stereocenters. The van der Waals surface area contributed by atoms with E-state index in [0.29, 0.717) is 25.9 Å². The highest BCUT2D eigenvalue weighted by molar-refractivity contribution is 6.03. The Bertz CT molecular complexity index is 431. The number of amides is 2. The minimum Gasteiger partial charge on any atom is -0.306 e. The minimum atomic E-state index is -0.909. The third-order valence-corrected chi connectivity index (χ3v) is 4.10. The lowest BCUT2D eigenvalue weighted by Gasteiger charge is -2.46. The van der Waals surface area contributed by atoms with Crippen LogP contribution in [0, 0.1) is 39.9 Å². The zero-order valence-electron chi connectivity index (χ0n) is 10.1. The zero-order chi connectivity index (χ0) is 13.3. The highest BCUT2D eigenvalue weighted by atomic mass is 16.2. The van der Waals surface area contributed by atoms with E-state index in [1.807, 2.05) is 19.2 Å². The van der Waals surface area contributed by atoms with Gasteiger partial charge in [-0.15, -0.1) is 0 Å². The SMILES string of the molecule is CN1CCC2(CC1)[C@@H](C#N)C(=O)NC(=O)[C@@H]2C#N. The number of hydrogen-bond donors (Lipinski definition) is 1. The monoisotopic (exact) mass is 246 g/mol. The number of hydrogen-bond acceptors (Lipinski definition) is 5. The molecule has 0 aliphatic carbocycles. The standard InChI is InChI=1S/C12H14N4O2/c1-16-4-2-12(3-5-16)8(6-13)10(17)15-11(18)9(12)7-14/h8-9H,2-5H2,1H3,(H,15,17,18)/t8-,9-/m0/s1. The number of nitrogens with one attached hydrogen (secondary N) is 1. The van der Waals surface area contributed by atoms with E-state index in [1.165, 1.54) is 0 Å². The van der Waals surface area contributed by atoms with Gasteiger partial charge in [-0.3, -0.25) is 14.9 Å². The van der Waals surface area contributed by atoms with Gasteiger partial charge in [-0.25, -0.2) is 0 Å². The number of likely N-dealkylation sites (tertiary alicyclic amines) is 1. The van der Waals surface area contributed by atoms with Crippen LogP contribution < -0.4 is 5.32 Å². The van der Waals surface area contributed by atoms with Crippen molar-refractivity contribution in [1.29, 1.82) is 10.5 Å². The van der Waals surface area contributed by atoms with Crippen LogP contribution >= 0.6 is 0 Å². The average Bonchev–Trinajstić information content (AvgIpc) is 2.33. The molecule has 0 aromatic rings. The number of rotatable bonds is 0. The number of piperidine rings is 2. The highest BCUT2D eigenvalue weighted by Gasteiger charge is 2.56. The summed E-state index contributed by atoms with van der Waals surface area (Å²) in [7, 11) is 1.94. The summed E-state index contributed by atoms with van der Waals surface area (Å²) in [5, 5.41) is 20.5. The molecule has 0 saturated carbocycles. The molecule has 2 rings (SSSR count). The quantitative estimate of drug-likeness (QED) is 0.588. The highest BCUT2D eigenvalue weighted by Crippen LogP contribution is 2.47. The van der Waals surface area contributed by atoms with Crippen LogP contribution in [0.2, 0.25) is 0 Å². The van der Waals surface area contributed by atoms with E-state index in [-0.39, 0.29) is 0 Å². The van der Waals surface area contributed by atoms with Crippen molar-refractivity contribution in [3.63, 3.8) is 0 Å². The van der Waals surface area contributed by atoms with E-state index in [9.17, 15) is 20.1 Å². The van der Waals surface area contributed by atoms with Crippen LogP contribution in [0.5, 0.6) is 0 Å². The van der Waals surface area contributed by atoms with Gasteiger partial charge in [0.2, 0.25) is 11.8 Å². The van der Waals surface area contributed by atoms with Gasteiger partial charge >= 0.3 is 0 Å². The second-order valence-corrected chi connectivity index (χ2v) is 5.01. The average molecular weight is 246 g/mol. The van der Waals surface area contributed by atoms with Crippen LogP contribution in [0.3, 0.4) is 0 Å².